The third-order valence-corrected chi connectivity index (χ3v) is 3.16. The van der Waals surface area contributed by atoms with Crippen LogP contribution in [0.25, 0.3) is 0 Å². The topological polar surface area (TPSA) is 78.6 Å². The lowest BCUT2D eigenvalue weighted by Gasteiger charge is -2.22. The third kappa shape index (κ3) is 2.64. The van der Waals surface area contributed by atoms with E-state index in [4.69, 9.17) is 10.8 Å². The van der Waals surface area contributed by atoms with Gasteiger partial charge in [0.15, 0.2) is 0 Å². The maximum Gasteiger partial charge on any atom is 0.407 e. The molecule has 1 aliphatic rings. The number of halogens is 1. The fourth-order valence-electron chi connectivity index (χ4n) is 2.22. The summed E-state index contributed by atoms with van der Waals surface area (Å²) in [5.41, 5.74) is 6.63. The summed E-state index contributed by atoms with van der Waals surface area (Å²) in [7, 11) is 0. The van der Waals surface area contributed by atoms with Crippen LogP contribution in [0, 0.1) is 5.82 Å². The molecular formula is C12H16FN3O2. The highest BCUT2D eigenvalue weighted by Crippen LogP contribution is 2.22. The van der Waals surface area contributed by atoms with Gasteiger partial charge >= 0.3 is 6.09 Å². The van der Waals surface area contributed by atoms with Crippen LogP contribution in [0.3, 0.4) is 0 Å². The van der Waals surface area contributed by atoms with Gasteiger partial charge in [-0.25, -0.2) is 9.18 Å². The van der Waals surface area contributed by atoms with Crippen molar-refractivity contribution in [2.75, 3.05) is 24.1 Å². The fraction of sp³-hybridized carbons (Fsp3) is 0.417. The van der Waals surface area contributed by atoms with Crippen molar-refractivity contribution in [3.63, 3.8) is 0 Å². The van der Waals surface area contributed by atoms with E-state index >= 15 is 0 Å². The van der Waals surface area contributed by atoms with Gasteiger partial charge in [-0.3, -0.25) is 0 Å². The first-order chi connectivity index (χ1) is 8.58. The number of nitrogens with zero attached hydrogens (tertiary/aromatic N) is 1. The minimum Gasteiger partial charge on any atom is -0.465 e. The average Bonchev–Trinajstić information content (AvgIpc) is 2.76. The second kappa shape index (κ2) is 5.12. The molecular weight excluding hydrogens is 237 g/mol. The number of benzene rings is 1. The minimum absolute atomic E-state index is 0.0491. The molecule has 1 atom stereocenters. The van der Waals surface area contributed by atoms with Gasteiger partial charge in [0.2, 0.25) is 0 Å². The minimum atomic E-state index is -0.897. The molecule has 1 amide bonds. The van der Waals surface area contributed by atoms with Crippen LogP contribution >= 0.6 is 0 Å². The van der Waals surface area contributed by atoms with Crippen molar-refractivity contribution in [1.29, 1.82) is 0 Å². The Kier molecular flexibility index (Phi) is 3.55. The summed E-state index contributed by atoms with van der Waals surface area (Å²) in [5, 5.41) is 12.1. The standard InChI is InChI=1S/C12H16FN3O2/c13-8-3-4-11(10(14)6-8)15-7-9-2-1-5-16(9)12(17)18/h3-4,6,9,15H,1-2,5,7,14H2,(H,17,18). The number of rotatable bonds is 3. The molecule has 1 heterocycles. The van der Waals surface area contributed by atoms with Crippen molar-refractivity contribution in [3.8, 4) is 0 Å². The molecule has 2 rings (SSSR count). The van der Waals surface area contributed by atoms with Crippen LogP contribution in [-0.4, -0.2) is 35.2 Å². The average molecular weight is 253 g/mol. The van der Waals surface area contributed by atoms with Crippen LogP contribution in [0.2, 0.25) is 0 Å². The van der Waals surface area contributed by atoms with Crippen molar-refractivity contribution >= 4 is 17.5 Å². The van der Waals surface area contributed by atoms with Gasteiger partial charge in [0.25, 0.3) is 0 Å². The van der Waals surface area contributed by atoms with Crippen molar-refractivity contribution in [3.05, 3.63) is 24.0 Å². The molecule has 18 heavy (non-hydrogen) atoms. The third-order valence-electron chi connectivity index (χ3n) is 3.16. The van der Waals surface area contributed by atoms with E-state index in [-0.39, 0.29) is 11.9 Å². The summed E-state index contributed by atoms with van der Waals surface area (Å²) in [6, 6.07) is 4.07. The first-order valence-electron chi connectivity index (χ1n) is 5.86. The molecule has 1 aromatic rings. The van der Waals surface area contributed by atoms with E-state index in [2.05, 4.69) is 5.32 Å². The molecule has 6 heteroatoms. The normalized spacial score (nSPS) is 18.9. The van der Waals surface area contributed by atoms with Gasteiger partial charge in [0, 0.05) is 13.1 Å². The zero-order valence-electron chi connectivity index (χ0n) is 9.90. The molecule has 0 saturated carbocycles. The number of carbonyl (C=O) groups is 1. The molecule has 0 aliphatic carbocycles. The van der Waals surface area contributed by atoms with Crippen LogP contribution in [0.4, 0.5) is 20.6 Å². The van der Waals surface area contributed by atoms with E-state index in [0.29, 0.717) is 24.5 Å². The van der Waals surface area contributed by atoms with E-state index in [1.807, 2.05) is 0 Å². The molecule has 0 spiro atoms. The van der Waals surface area contributed by atoms with Crippen LogP contribution in [0.5, 0.6) is 0 Å². The second-order valence-corrected chi connectivity index (χ2v) is 4.38. The summed E-state index contributed by atoms with van der Waals surface area (Å²) in [4.78, 5) is 12.4. The molecule has 1 aromatic carbocycles. The van der Waals surface area contributed by atoms with Gasteiger partial charge in [-0.1, -0.05) is 0 Å². The largest absolute Gasteiger partial charge is 0.465 e. The highest BCUT2D eigenvalue weighted by molar-refractivity contribution is 5.67. The predicted octanol–water partition coefficient (Wildman–Crippen LogP) is 1.96. The number of amides is 1. The molecule has 1 fully saturated rings. The number of nitrogens with two attached hydrogens (primary N) is 1. The molecule has 0 bridgehead atoms. The molecule has 1 aliphatic heterocycles. The lowest BCUT2D eigenvalue weighted by Crippen LogP contribution is -2.38. The van der Waals surface area contributed by atoms with E-state index < -0.39 is 6.09 Å². The van der Waals surface area contributed by atoms with E-state index in [0.717, 1.165) is 12.8 Å². The summed E-state index contributed by atoms with van der Waals surface area (Å²) in [6.07, 6.45) is 0.809. The zero-order chi connectivity index (χ0) is 13.1. The molecule has 4 N–H and O–H groups in total. The van der Waals surface area contributed by atoms with Crippen LogP contribution in [0.1, 0.15) is 12.8 Å². The Labute approximate surface area is 104 Å². The maximum atomic E-state index is 12.9. The molecule has 0 radical (unpaired) electrons. The first kappa shape index (κ1) is 12.5. The highest BCUT2D eigenvalue weighted by Gasteiger charge is 2.28. The summed E-state index contributed by atoms with van der Waals surface area (Å²) in [5.74, 6) is -0.383. The Morgan fingerprint density at radius 2 is 2.39 bits per heavy atom. The number of nitrogen functional groups attached to an aromatic ring is 1. The molecule has 1 unspecified atom stereocenters. The van der Waals surface area contributed by atoms with E-state index in [1.54, 1.807) is 6.07 Å². The lowest BCUT2D eigenvalue weighted by molar-refractivity contribution is 0.142. The summed E-state index contributed by atoms with van der Waals surface area (Å²) < 4.78 is 12.9. The SMILES string of the molecule is Nc1cc(F)ccc1NCC1CCCN1C(=O)O. The van der Waals surface area contributed by atoms with Gasteiger partial charge in [0.05, 0.1) is 17.4 Å². The summed E-state index contributed by atoms with van der Waals surface area (Å²) in [6.45, 7) is 1.06. The number of nitrogens with one attached hydrogen (secondary N) is 1. The van der Waals surface area contributed by atoms with Crippen LogP contribution < -0.4 is 11.1 Å². The van der Waals surface area contributed by atoms with Crippen molar-refractivity contribution in [1.82, 2.24) is 4.90 Å². The van der Waals surface area contributed by atoms with Crippen molar-refractivity contribution in [2.45, 2.75) is 18.9 Å². The van der Waals surface area contributed by atoms with Gasteiger partial charge in [0.1, 0.15) is 5.82 Å². The number of hydrogen-bond acceptors (Lipinski definition) is 3. The number of likely N-dealkylation sites (tertiary alicyclic amines) is 1. The molecule has 5 nitrogen and oxygen atoms in total. The zero-order valence-corrected chi connectivity index (χ0v) is 9.90. The van der Waals surface area contributed by atoms with Crippen molar-refractivity contribution in [2.24, 2.45) is 0 Å². The van der Waals surface area contributed by atoms with Crippen molar-refractivity contribution < 1.29 is 14.3 Å². The Morgan fingerprint density at radius 1 is 1.61 bits per heavy atom. The van der Waals surface area contributed by atoms with Crippen LogP contribution in [0.15, 0.2) is 18.2 Å². The van der Waals surface area contributed by atoms with Gasteiger partial charge < -0.3 is 21.1 Å². The number of hydrogen-bond donors (Lipinski definition) is 3. The number of anilines is 2. The highest BCUT2D eigenvalue weighted by atomic mass is 19.1. The first-order valence-corrected chi connectivity index (χ1v) is 5.86. The molecule has 98 valence electrons. The Hall–Kier alpha value is -1.98. The Morgan fingerprint density at radius 3 is 3.06 bits per heavy atom. The van der Waals surface area contributed by atoms with Gasteiger partial charge in [-0.2, -0.15) is 0 Å². The Balaban J connectivity index is 1.97. The Bertz CT molecular complexity index is 453. The smallest absolute Gasteiger partial charge is 0.407 e. The van der Waals surface area contributed by atoms with Gasteiger partial charge in [-0.15, -0.1) is 0 Å². The maximum absolute atomic E-state index is 12.9. The van der Waals surface area contributed by atoms with Crippen LogP contribution in [-0.2, 0) is 0 Å². The lowest BCUT2D eigenvalue weighted by atomic mass is 10.2. The predicted molar refractivity (Wildman–Crippen MR) is 67.1 cm³/mol. The van der Waals surface area contributed by atoms with Gasteiger partial charge in [-0.05, 0) is 31.0 Å². The molecule has 1 saturated heterocycles. The quantitative estimate of drug-likeness (QED) is 0.719. The monoisotopic (exact) mass is 253 g/mol. The van der Waals surface area contributed by atoms with E-state index in [9.17, 15) is 9.18 Å². The fourth-order valence-corrected chi connectivity index (χ4v) is 2.22. The summed E-state index contributed by atoms with van der Waals surface area (Å²) >= 11 is 0. The molecule has 0 aromatic heterocycles. The number of carboxylic acid groups (broad SMARTS) is 1. The second-order valence-electron chi connectivity index (χ2n) is 4.38. The van der Waals surface area contributed by atoms with E-state index in [1.165, 1.54) is 17.0 Å².